The third-order valence-corrected chi connectivity index (χ3v) is 2.42. The Balaban J connectivity index is 4.69. The molecule has 6 heteroatoms. The van der Waals surface area contributed by atoms with E-state index in [2.05, 4.69) is 0 Å². The molecule has 0 saturated heterocycles. The first-order valence-electron chi connectivity index (χ1n) is 4.06. The largest absolute Gasteiger partial charge is 0.466 e. The van der Waals surface area contributed by atoms with E-state index in [1.807, 2.05) is 0 Å². The smallest absolute Gasteiger partial charge is 0.314 e. The Bertz CT molecular complexity index is 210. The molecule has 84 valence electrons. The van der Waals surface area contributed by atoms with Crippen molar-refractivity contribution in [1.82, 2.24) is 0 Å². The van der Waals surface area contributed by atoms with Crippen LogP contribution in [0.3, 0.4) is 0 Å². The Kier molecular flexibility index (Phi) is 4.99. The molecule has 0 aliphatic heterocycles. The second kappa shape index (κ2) is 4.88. The Hall–Kier alpha value is 0.300. The van der Waals surface area contributed by atoms with Crippen LogP contribution in [0.15, 0.2) is 0 Å². The van der Waals surface area contributed by atoms with Gasteiger partial charge >= 0.3 is 5.97 Å². The van der Waals surface area contributed by atoms with Crippen LogP contribution >= 0.6 is 34.8 Å². The minimum absolute atomic E-state index is 0.217. The Morgan fingerprint density at radius 3 is 2.14 bits per heavy atom. The predicted molar refractivity (Wildman–Crippen MR) is 56.7 cm³/mol. The maximum atomic E-state index is 11.4. The predicted octanol–water partition coefficient (Wildman–Crippen LogP) is 2.31. The first-order chi connectivity index (χ1) is 6.14. The second-order valence-corrected chi connectivity index (χ2v) is 5.76. The minimum Gasteiger partial charge on any atom is -0.466 e. The van der Waals surface area contributed by atoms with Gasteiger partial charge in [0, 0.05) is 0 Å². The SMILES string of the molecule is CCOC(=O)C(C)(C)C(O)C(Cl)(Cl)Cl. The van der Waals surface area contributed by atoms with Crippen LogP contribution in [0, 0.1) is 5.41 Å². The number of esters is 1. The number of rotatable bonds is 3. The number of hydrogen-bond acceptors (Lipinski definition) is 3. The molecule has 0 spiro atoms. The van der Waals surface area contributed by atoms with Gasteiger partial charge in [0.1, 0.15) is 6.10 Å². The van der Waals surface area contributed by atoms with E-state index >= 15 is 0 Å². The van der Waals surface area contributed by atoms with Crippen molar-refractivity contribution in [2.45, 2.75) is 30.7 Å². The van der Waals surface area contributed by atoms with Crippen molar-refractivity contribution >= 4 is 40.8 Å². The molecule has 0 saturated carbocycles. The third kappa shape index (κ3) is 3.46. The van der Waals surface area contributed by atoms with E-state index in [1.54, 1.807) is 6.92 Å². The lowest BCUT2D eigenvalue weighted by Gasteiger charge is -2.32. The average molecular weight is 264 g/mol. The van der Waals surface area contributed by atoms with E-state index in [0.29, 0.717) is 0 Å². The summed E-state index contributed by atoms with van der Waals surface area (Å²) in [7, 11) is 0. The van der Waals surface area contributed by atoms with Crippen LogP contribution in [0.1, 0.15) is 20.8 Å². The highest BCUT2D eigenvalue weighted by molar-refractivity contribution is 6.68. The topological polar surface area (TPSA) is 46.5 Å². The molecule has 0 aliphatic carbocycles. The van der Waals surface area contributed by atoms with Crippen molar-refractivity contribution in [2.24, 2.45) is 5.41 Å². The number of halogens is 3. The highest BCUT2D eigenvalue weighted by atomic mass is 35.6. The summed E-state index contributed by atoms with van der Waals surface area (Å²) >= 11 is 16.5. The van der Waals surface area contributed by atoms with Crippen LogP contribution in [-0.2, 0) is 9.53 Å². The molecule has 0 rings (SSSR count). The number of ether oxygens (including phenoxy) is 1. The lowest BCUT2D eigenvalue weighted by atomic mass is 9.87. The standard InChI is InChI=1S/C8H13Cl3O3/c1-4-14-6(13)7(2,3)5(12)8(9,10)11/h5,12H,4H2,1-3H3. The Morgan fingerprint density at radius 2 is 1.86 bits per heavy atom. The molecular formula is C8H13Cl3O3. The number of carbonyl (C=O) groups excluding carboxylic acids is 1. The van der Waals surface area contributed by atoms with Crippen molar-refractivity contribution in [2.75, 3.05) is 6.61 Å². The van der Waals surface area contributed by atoms with Crippen LogP contribution in [-0.4, -0.2) is 27.6 Å². The molecule has 0 radical (unpaired) electrons. The second-order valence-electron chi connectivity index (χ2n) is 3.39. The summed E-state index contributed by atoms with van der Waals surface area (Å²) in [6.07, 6.45) is -1.42. The van der Waals surface area contributed by atoms with E-state index in [4.69, 9.17) is 39.5 Å². The summed E-state index contributed by atoms with van der Waals surface area (Å²) in [5.74, 6) is -0.598. The van der Waals surface area contributed by atoms with Gasteiger partial charge in [0.15, 0.2) is 0 Å². The van der Waals surface area contributed by atoms with E-state index in [1.165, 1.54) is 13.8 Å². The molecule has 0 bridgehead atoms. The van der Waals surface area contributed by atoms with E-state index in [0.717, 1.165) is 0 Å². The zero-order valence-corrected chi connectivity index (χ0v) is 10.4. The van der Waals surface area contributed by atoms with Crippen molar-refractivity contribution in [3.05, 3.63) is 0 Å². The molecule has 0 aliphatic rings. The lowest BCUT2D eigenvalue weighted by molar-refractivity contribution is -0.159. The first-order valence-corrected chi connectivity index (χ1v) is 5.19. The van der Waals surface area contributed by atoms with Crippen LogP contribution in [0.2, 0.25) is 0 Å². The van der Waals surface area contributed by atoms with Crippen molar-refractivity contribution in [3.63, 3.8) is 0 Å². The zero-order valence-electron chi connectivity index (χ0n) is 8.18. The fourth-order valence-electron chi connectivity index (χ4n) is 0.838. The van der Waals surface area contributed by atoms with E-state index in [-0.39, 0.29) is 6.61 Å². The average Bonchev–Trinajstić information content (AvgIpc) is 2.01. The summed E-state index contributed by atoms with van der Waals surface area (Å²) in [6, 6.07) is 0. The van der Waals surface area contributed by atoms with Crippen LogP contribution in [0.5, 0.6) is 0 Å². The van der Waals surface area contributed by atoms with Gasteiger partial charge < -0.3 is 9.84 Å². The molecule has 14 heavy (non-hydrogen) atoms. The summed E-state index contributed by atoms with van der Waals surface area (Å²) in [5.41, 5.74) is -1.25. The van der Waals surface area contributed by atoms with Gasteiger partial charge in [0.25, 0.3) is 0 Å². The number of aliphatic hydroxyl groups is 1. The van der Waals surface area contributed by atoms with Crippen LogP contribution < -0.4 is 0 Å². The first kappa shape index (κ1) is 14.3. The molecule has 1 atom stereocenters. The highest BCUT2D eigenvalue weighted by Gasteiger charge is 2.47. The quantitative estimate of drug-likeness (QED) is 0.628. The van der Waals surface area contributed by atoms with Crippen LogP contribution in [0.25, 0.3) is 0 Å². The van der Waals surface area contributed by atoms with Crippen molar-refractivity contribution in [1.29, 1.82) is 0 Å². The maximum absolute atomic E-state index is 11.4. The van der Waals surface area contributed by atoms with Gasteiger partial charge in [-0.2, -0.15) is 0 Å². The molecule has 3 nitrogen and oxygen atoms in total. The molecule has 0 heterocycles. The van der Waals surface area contributed by atoms with Gasteiger partial charge in [0.2, 0.25) is 3.79 Å². The normalized spacial score (nSPS) is 15.1. The molecule has 0 aromatic carbocycles. The van der Waals surface area contributed by atoms with Crippen molar-refractivity contribution in [3.8, 4) is 0 Å². The van der Waals surface area contributed by atoms with Gasteiger partial charge in [-0.05, 0) is 20.8 Å². The Morgan fingerprint density at radius 1 is 1.43 bits per heavy atom. The molecule has 1 N–H and O–H groups in total. The molecule has 1 unspecified atom stereocenters. The van der Waals surface area contributed by atoms with Gasteiger partial charge in [-0.3, -0.25) is 4.79 Å². The maximum Gasteiger partial charge on any atom is 0.314 e. The van der Waals surface area contributed by atoms with Gasteiger partial charge in [0.05, 0.1) is 12.0 Å². The fraction of sp³-hybridized carbons (Fsp3) is 0.875. The zero-order chi connectivity index (χ0) is 11.6. The minimum atomic E-state index is -1.91. The van der Waals surface area contributed by atoms with Gasteiger partial charge in [-0.15, -0.1) is 0 Å². The fourth-order valence-corrected chi connectivity index (χ4v) is 1.66. The summed E-state index contributed by atoms with van der Waals surface area (Å²) < 4.78 is 2.84. The van der Waals surface area contributed by atoms with Crippen LogP contribution in [0.4, 0.5) is 0 Å². The van der Waals surface area contributed by atoms with Gasteiger partial charge in [-0.1, -0.05) is 34.8 Å². The summed E-state index contributed by atoms with van der Waals surface area (Å²) in [4.78, 5) is 11.4. The van der Waals surface area contributed by atoms with Gasteiger partial charge in [-0.25, -0.2) is 0 Å². The number of alkyl halides is 3. The summed E-state index contributed by atoms with van der Waals surface area (Å²) in [6.45, 7) is 4.79. The Labute approximate surface area is 98.3 Å². The number of aliphatic hydroxyl groups excluding tert-OH is 1. The monoisotopic (exact) mass is 262 g/mol. The van der Waals surface area contributed by atoms with Crippen molar-refractivity contribution < 1.29 is 14.6 Å². The summed E-state index contributed by atoms with van der Waals surface area (Å²) in [5, 5.41) is 9.61. The number of hydrogen-bond donors (Lipinski definition) is 1. The lowest BCUT2D eigenvalue weighted by Crippen LogP contribution is -2.45. The third-order valence-electron chi connectivity index (χ3n) is 1.80. The molecular weight excluding hydrogens is 250 g/mol. The molecule has 0 aromatic rings. The number of carbonyl (C=O) groups is 1. The van der Waals surface area contributed by atoms with E-state index in [9.17, 15) is 9.90 Å². The molecule has 0 fully saturated rings. The van der Waals surface area contributed by atoms with E-state index < -0.39 is 21.3 Å². The highest BCUT2D eigenvalue weighted by Crippen LogP contribution is 2.40. The molecule has 0 amide bonds. The molecule has 0 aromatic heterocycles.